The van der Waals surface area contributed by atoms with Crippen LogP contribution in [-0.2, 0) is 0 Å². The quantitative estimate of drug-likeness (QED) is 0.583. The van der Waals surface area contributed by atoms with E-state index in [1.807, 2.05) is 13.8 Å². The molecule has 0 rings (SSSR count). The lowest BCUT2D eigenvalue weighted by atomic mass is 9.91. The summed E-state index contributed by atoms with van der Waals surface area (Å²) in [6, 6.07) is 0. The summed E-state index contributed by atoms with van der Waals surface area (Å²) < 4.78 is 0. The van der Waals surface area contributed by atoms with E-state index >= 15 is 0 Å². The van der Waals surface area contributed by atoms with E-state index in [1.165, 1.54) is 0 Å². The fourth-order valence-electron chi connectivity index (χ4n) is 0.500. The second-order valence-corrected chi connectivity index (χ2v) is 2.96. The molecule has 1 N–H and O–H groups in total. The summed E-state index contributed by atoms with van der Waals surface area (Å²) in [6.07, 6.45) is 1.05. The summed E-state index contributed by atoms with van der Waals surface area (Å²) in [7, 11) is 0. The minimum atomic E-state index is -0.491. The number of hydrogen-bond donors (Lipinski definition) is 1. The number of aliphatic hydroxyl groups is 1. The monoisotopic (exact) mass is 116 g/mol. The molecule has 0 radical (unpaired) electrons. The van der Waals surface area contributed by atoms with Crippen LogP contribution in [0, 0.1) is 5.92 Å². The van der Waals surface area contributed by atoms with Crippen LogP contribution in [-0.4, -0.2) is 10.7 Å². The van der Waals surface area contributed by atoms with Gasteiger partial charge in [-0.15, -0.1) is 0 Å². The standard InChI is InChI=1S/C7H16O/c1-5-6(2)7(3,4)8/h6,8H,5H2,1-4H3/t6-/m1/s1. The SMILES string of the molecule is CC[C@@H](C)C(C)(C)O. The molecule has 1 heteroatoms. The van der Waals surface area contributed by atoms with E-state index in [0.717, 1.165) is 6.42 Å². The Bertz CT molecular complexity index is 61.3. The zero-order chi connectivity index (χ0) is 6.78. The smallest absolute Gasteiger partial charge is 0.0617 e. The summed E-state index contributed by atoms with van der Waals surface area (Å²) in [6.45, 7) is 7.84. The van der Waals surface area contributed by atoms with Crippen LogP contribution in [0.1, 0.15) is 34.1 Å². The van der Waals surface area contributed by atoms with E-state index in [2.05, 4.69) is 13.8 Å². The van der Waals surface area contributed by atoms with Crippen LogP contribution in [0.25, 0.3) is 0 Å². The topological polar surface area (TPSA) is 20.2 Å². The Kier molecular flexibility index (Phi) is 2.48. The first-order chi connectivity index (χ1) is 3.48. The van der Waals surface area contributed by atoms with Gasteiger partial charge in [-0.25, -0.2) is 0 Å². The molecule has 0 aromatic carbocycles. The average Bonchev–Trinajstić information content (AvgIpc) is 1.62. The second-order valence-electron chi connectivity index (χ2n) is 2.96. The third-order valence-corrected chi connectivity index (χ3v) is 1.82. The molecule has 0 bridgehead atoms. The highest BCUT2D eigenvalue weighted by Gasteiger charge is 2.19. The highest BCUT2D eigenvalue weighted by Crippen LogP contribution is 2.17. The van der Waals surface area contributed by atoms with Gasteiger partial charge in [0.1, 0.15) is 0 Å². The van der Waals surface area contributed by atoms with Gasteiger partial charge in [0.2, 0.25) is 0 Å². The number of rotatable bonds is 2. The molecule has 0 saturated carbocycles. The summed E-state index contributed by atoms with van der Waals surface area (Å²) >= 11 is 0. The molecule has 0 aromatic rings. The zero-order valence-electron chi connectivity index (χ0n) is 6.23. The maximum Gasteiger partial charge on any atom is 0.0617 e. The lowest BCUT2D eigenvalue weighted by molar-refractivity contribution is 0.0234. The predicted octanol–water partition coefficient (Wildman–Crippen LogP) is 1.80. The maximum absolute atomic E-state index is 9.29. The summed E-state index contributed by atoms with van der Waals surface area (Å²) in [5, 5.41) is 9.29. The van der Waals surface area contributed by atoms with Crippen LogP contribution in [0.3, 0.4) is 0 Å². The average molecular weight is 116 g/mol. The van der Waals surface area contributed by atoms with Crippen molar-refractivity contribution in [2.75, 3.05) is 0 Å². The summed E-state index contributed by atoms with van der Waals surface area (Å²) in [4.78, 5) is 0. The highest BCUT2D eigenvalue weighted by atomic mass is 16.3. The largest absolute Gasteiger partial charge is 0.390 e. The molecule has 1 atom stereocenters. The van der Waals surface area contributed by atoms with Crippen molar-refractivity contribution < 1.29 is 5.11 Å². The summed E-state index contributed by atoms with van der Waals surface area (Å²) in [5.41, 5.74) is -0.491. The van der Waals surface area contributed by atoms with Crippen molar-refractivity contribution in [3.63, 3.8) is 0 Å². The molecular weight excluding hydrogens is 100 g/mol. The molecule has 8 heavy (non-hydrogen) atoms. The van der Waals surface area contributed by atoms with Gasteiger partial charge >= 0.3 is 0 Å². The molecule has 0 saturated heterocycles. The molecule has 0 amide bonds. The molecule has 0 aliphatic heterocycles. The van der Waals surface area contributed by atoms with Gasteiger partial charge in [-0.3, -0.25) is 0 Å². The van der Waals surface area contributed by atoms with Crippen molar-refractivity contribution in [2.24, 2.45) is 5.92 Å². The third-order valence-electron chi connectivity index (χ3n) is 1.82. The van der Waals surface area contributed by atoms with E-state index in [4.69, 9.17) is 0 Å². The van der Waals surface area contributed by atoms with Gasteiger partial charge in [-0.2, -0.15) is 0 Å². The van der Waals surface area contributed by atoms with Crippen LogP contribution in [0.2, 0.25) is 0 Å². The van der Waals surface area contributed by atoms with E-state index in [-0.39, 0.29) is 0 Å². The molecule has 0 fully saturated rings. The first kappa shape index (κ1) is 7.96. The Morgan fingerprint density at radius 1 is 1.50 bits per heavy atom. The van der Waals surface area contributed by atoms with Gasteiger partial charge in [-0.05, 0) is 19.8 Å². The Hall–Kier alpha value is -0.0400. The van der Waals surface area contributed by atoms with Gasteiger partial charge in [0, 0.05) is 0 Å². The fourth-order valence-corrected chi connectivity index (χ4v) is 0.500. The number of hydrogen-bond acceptors (Lipinski definition) is 1. The molecule has 0 unspecified atom stereocenters. The van der Waals surface area contributed by atoms with Gasteiger partial charge in [0.25, 0.3) is 0 Å². The lowest BCUT2D eigenvalue weighted by Crippen LogP contribution is -2.27. The molecule has 0 aliphatic rings. The fraction of sp³-hybridized carbons (Fsp3) is 1.00. The Labute approximate surface area is 51.7 Å². The van der Waals surface area contributed by atoms with Crippen molar-refractivity contribution in [3.05, 3.63) is 0 Å². The van der Waals surface area contributed by atoms with Crippen molar-refractivity contribution >= 4 is 0 Å². The molecule has 0 heterocycles. The molecule has 50 valence electrons. The normalized spacial score (nSPS) is 16.1. The molecule has 0 aromatic heterocycles. The zero-order valence-corrected chi connectivity index (χ0v) is 6.23. The van der Waals surface area contributed by atoms with E-state index in [9.17, 15) is 5.11 Å². The van der Waals surface area contributed by atoms with E-state index < -0.39 is 5.60 Å². The van der Waals surface area contributed by atoms with Gasteiger partial charge < -0.3 is 5.11 Å². The van der Waals surface area contributed by atoms with Crippen molar-refractivity contribution in [1.29, 1.82) is 0 Å². The van der Waals surface area contributed by atoms with Crippen molar-refractivity contribution in [2.45, 2.75) is 39.7 Å². The third kappa shape index (κ3) is 2.31. The minimum Gasteiger partial charge on any atom is -0.390 e. The van der Waals surface area contributed by atoms with E-state index in [0.29, 0.717) is 5.92 Å². The minimum absolute atomic E-state index is 0.405. The second kappa shape index (κ2) is 2.49. The highest BCUT2D eigenvalue weighted by molar-refractivity contribution is 4.71. The Morgan fingerprint density at radius 3 is 1.88 bits per heavy atom. The van der Waals surface area contributed by atoms with Gasteiger partial charge in [-0.1, -0.05) is 20.3 Å². The van der Waals surface area contributed by atoms with Crippen LogP contribution in [0.5, 0.6) is 0 Å². The van der Waals surface area contributed by atoms with Crippen LogP contribution >= 0.6 is 0 Å². The summed E-state index contributed by atoms with van der Waals surface area (Å²) in [5.74, 6) is 0.405. The molecule has 0 spiro atoms. The molecular formula is C7H16O. The van der Waals surface area contributed by atoms with Crippen molar-refractivity contribution in [1.82, 2.24) is 0 Å². The van der Waals surface area contributed by atoms with Crippen LogP contribution in [0.15, 0.2) is 0 Å². The van der Waals surface area contributed by atoms with E-state index in [1.54, 1.807) is 0 Å². The molecule has 0 aliphatic carbocycles. The first-order valence-corrected chi connectivity index (χ1v) is 3.20. The van der Waals surface area contributed by atoms with Crippen LogP contribution in [0.4, 0.5) is 0 Å². The maximum atomic E-state index is 9.29. The van der Waals surface area contributed by atoms with Crippen molar-refractivity contribution in [3.8, 4) is 0 Å². The van der Waals surface area contributed by atoms with Crippen LogP contribution < -0.4 is 0 Å². The Morgan fingerprint density at radius 2 is 1.88 bits per heavy atom. The first-order valence-electron chi connectivity index (χ1n) is 3.20. The lowest BCUT2D eigenvalue weighted by Gasteiger charge is -2.23. The van der Waals surface area contributed by atoms with Gasteiger partial charge in [0.05, 0.1) is 5.60 Å². The Balaban J connectivity index is 3.62. The van der Waals surface area contributed by atoms with Gasteiger partial charge in [0.15, 0.2) is 0 Å². The predicted molar refractivity (Wildman–Crippen MR) is 35.8 cm³/mol. The molecule has 1 nitrogen and oxygen atoms in total.